The maximum Gasteiger partial charge on any atom is 0.286 e. The molecule has 2 aliphatic rings. The van der Waals surface area contributed by atoms with E-state index in [9.17, 15) is 14.0 Å². The molecule has 11 heteroatoms. The van der Waals surface area contributed by atoms with Crippen LogP contribution in [0.2, 0.25) is 0 Å². The Morgan fingerprint density at radius 2 is 1.51 bits per heavy atom. The van der Waals surface area contributed by atoms with Gasteiger partial charge in [-0.3, -0.25) is 14.5 Å². The number of halogens is 1. The highest BCUT2D eigenvalue weighted by Crippen LogP contribution is 2.34. The van der Waals surface area contributed by atoms with Crippen molar-refractivity contribution in [2.75, 3.05) is 40.3 Å². The van der Waals surface area contributed by atoms with Crippen LogP contribution in [0.4, 0.5) is 4.39 Å². The molecule has 51 heavy (non-hydrogen) atoms. The highest BCUT2D eigenvalue weighted by Gasteiger charge is 2.29. The molecule has 2 aliphatic heterocycles. The van der Waals surface area contributed by atoms with Crippen molar-refractivity contribution in [3.8, 4) is 22.7 Å². The van der Waals surface area contributed by atoms with Crippen LogP contribution in [0.15, 0.2) is 125 Å². The number of aliphatic imine (C=N–C) groups is 1. The number of hydrogen-bond acceptors (Lipinski definition) is 7. The molecule has 3 heterocycles. The van der Waals surface area contributed by atoms with Crippen LogP contribution in [0.3, 0.4) is 0 Å². The Kier molecular flexibility index (Phi) is 11.7. The number of benzene rings is 4. The van der Waals surface area contributed by atoms with Gasteiger partial charge in [-0.25, -0.2) is 9.07 Å². The number of amides is 2. The Morgan fingerprint density at radius 3 is 2.18 bits per heavy atom. The summed E-state index contributed by atoms with van der Waals surface area (Å²) in [6, 6.07) is 34.5. The second kappa shape index (κ2) is 16.9. The standard InChI is InChI=1S/C37H32FN5O2S.C3H7NO/c38-33-14-8-7-11-29(33)26-45-32-17-15-28(16-18-32)35-30(25-43(40-35)31-12-5-2-6-13-31)23-34-36(44)39-37(46-34)42-21-19-41(20-22-42)24-27-9-3-1-4-10-27;1-4(2)3-5/h1-18,23,25H,19-22,24,26H2;3H,1-2H3/b34-23-;. The van der Waals surface area contributed by atoms with Crippen LogP contribution in [0.25, 0.3) is 23.0 Å². The van der Waals surface area contributed by atoms with Gasteiger partial charge in [-0.05, 0) is 65.9 Å². The van der Waals surface area contributed by atoms with Crippen molar-refractivity contribution in [1.29, 1.82) is 0 Å². The molecule has 0 spiro atoms. The Balaban J connectivity index is 0.000000839. The van der Waals surface area contributed by atoms with E-state index in [1.807, 2.05) is 77.6 Å². The van der Waals surface area contributed by atoms with Gasteiger partial charge in [0.1, 0.15) is 18.2 Å². The van der Waals surface area contributed by atoms with Crippen molar-refractivity contribution in [2.24, 2.45) is 4.99 Å². The topological polar surface area (TPSA) is 83.3 Å². The average Bonchev–Trinajstić information content (AvgIpc) is 3.76. The summed E-state index contributed by atoms with van der Waals surface area (Å²) >= 11 is 1.42. The van der Waals surface area contributed by atoms with Crippen molar-refractivity contribution in [2.45, 2.75) is 13.2 Å². The molecule has 260 valence electrons. The average molecular weight is 703 g/mol. The second-order valence-electron chi connectivity index (χ2n) is 12.2. The first-order valence-electron chi connectivity index (χ1n) is 16.6. The predicted molar refractivity (Wildman–Crippen MR) is 201 cm³/mol. The van der Waals surface area contributed by atoms with Crippen LogP contribution in [-0.4, -0.2) is 82.2 Å². The predicted octanol–water partition coefficient (Wildman–Crippen LogP) is 6.75. The smallest absolute Gasteiger partial charge is 0.286 e. The molecule has 0 radical (unpaired) electrons. The van der Waals surface area contributed by atoms with Gasteiger partial charge in [-0.1, -0.05) is 66.7 Å². The fraction of sp³-hybridized carbons (Fsp3) is 0.200. The summed E-state index contributed by atoms with van der Waals surface area (Å²) in [4.78, 5) is 33.7. The van der Waals surface area contributed by atoms with E-state index in [1.54, 1.807) is 32.3 Å². The van der Waals surface area contributed by atoms with E-state index in [-0.39, 0.29) is 18.3 Å². The van der Waals surface area contributed by atoms with Crippen LogP contribution >= 0.6 is 11.8 Å². The fourth-order valence-corrected chi connectivity index (χ4v) is 6.48. The van der Waals surface area contributed by atoms with E-state index in [1.165, 1.54) is 28.3 Å². The summed E-state index contributed by atoms with van der Waals surface area (Å²) in [5.74, 6) is 0.0971. The summed E-state index contributed by atoms with van der Waals surface area (Å²) in [7, 11) is 3.38. The van der Waals surface area contributed by atoms with Gasteiger partial charge >= 0.3 is 0 Å². The minimum absolute atomic E-state index is 0.135. The van der Waals surface area contributed by atoms with E-state index in [0.717, 1.165) is 66.8 Å². The molecular weight excluding hydrogens is 664 g/mol. The monoisotopic (exact) mass is 702 g/mol. The van der Waals surface area contributed by atoms with Crippen LogP contribution in [0.5, 0.6) is 5.75 Å². The largest absolute Gasteiger partial charge is 0.489 e. The SMILES string of the molecule is CN(C)C=O.O=C1N=C(N2CCN(Cc3ccccc3)CC2)S/C1=C\c1cn(-c2ccccc2)nc1-c1ccc(OCc2ccccc2F)cc1. The maximum atomic E-state index is 14.0. The number of carbonyl (C=O) groups is 2. The van der Waals surface area contributed by atoms with E-state index < -0.39 is 0 Å². The molecule has 5 aromatic rings. The van der Waals surface area contributed by atoms with E-state index in [2.05, 4.69) is 39.1 Å². The highest BCUT2D eigenvalue weighted by atomic mass is 32.2. The summed E-state index contributed by atoms with van der Waals surface area (Å²) in [5.41, 5.74) is 5.12. The number of nitrogens with zero attached hydrogens (tertiary/aromatic N) is 6. The molecule has 0 N–H and O–H groups in total. The van der Waals surface area contributed by atoms with E-state index >= 15 is 0 Å². The lowest BCUT2D eigenvalue weighted by molar-refractivity contribution is -0.116. The normalized spacial score (nSPS) is 15.3. The van der Waals surface area contributed by atoms with Gasteiger partial charge in [0.15, 0.2) is 5.17 Å². The Morgan fingerprint density at radius 1 is 0.863 bits per heavy atom. The van der Waals surface area contributed by atoms with Crippen molar-refractivity contribution in [3.63, 3.8) is 0 Å². The van der Waals surface area contributed by atoms with Gasteiger partial charge in [-0.2, -0.15) is 10.1 Å². The number of rotatable bonds is 9. The minimum Gasteiger partial charge on any atom is -0.489 e. The zero-order valence-electron chi connectivity index (χ0n) is 28.6. The summed E-state index contributed by atoms with van der Waals surface area (Å²) < 4.78 is 21.7. The zero-order valence-corrected chi connectivity index (χ0v) is 29.4. The lowest BCUT2D eigenvalue weighted by atomic mass is 10.1. The van der Waals surface area contributed by atoms with E-state index in [0.29, 0.717) is 16.2 Å². The molecule has 7 rings (SSSR count). The number of ether oxygens (including phenoxy) is 1. The van der Waals surface area contributed by atoms with Crippen LogP contribution < -0.4 is 4.74 Å². The third-order valence-corrected chi connectivity index (χ3v) is 9.29. The highest BCUT2D eigenvalue weighted by molar-refractivity contribution is 8.18. The van der Waals surface area contributed by atoms with Gasteiger partial charge in [0.05, 0.1) is 16.3 Å². The van der Waals surface area contributed by atoms with Crippen LogP contribution in [0.1, 0.15) is 16.7 Å². The number of amidine groups is 1. The second-order valence-corrected chi connectivity index (χ2v) is 13.3. The Hall–Kier alpha value is -5.52. The molecule has 1 aromatic heterocycles. The zero-order chi connectivity index (χ0) is 35.6. The van der Waals surface area contributed by atoms with Gasteiger partial charge in [0.2, 0.25) is 6.41 Å². The molecule has 2 amide bonds. The molecule has 0 atom stereocenters. The molecule has 0 saturated carbocycles. The quantitative estimate of drug-likeness (QED) is 0.124. The fourth-order valence-electron chi connectivity index (χ4n) is 5.53. The number of hydrogen-bond donors (Lipinski definition) is 0. The Labute approximate surface area is 301 Å². The van der Waals surface area contributed by atoms with Gasteiger partial charge in [-0.15, -0.1) is 0 Å². The lowest BCUT2D eigenvalue weighted by Gasteiger charge is -2.35. The first-order chi connectivity index (χ1) is 24.9. The number of aromatic nitrogens is 2. The van der Waals surface area contributed by atoms with Crippen LogP contribution in [-0.2, 0) is 22.7 Å². The summed E-state index contributed by atoms with van der Waals surface area (Å²) in [6.45, 7) is 4.52. The molecule has 4 aromatic carbocycles. The first-order valence-corrected chi connectivity index (χ1v) is 17.4. The molecule has 0 aliphatic carbocycles. The first kappa shape index (κ1) is 35.3. The number of thioether (sulfide) groups is 1. The van der Waals surface area contributed by atoms with Gasteiger partial charge in [0.25, 0.3) is 5.91 Å². The minimum atomic E-state index is -0.292. The van der Waals surface area contributed by atoms with Crippen molar-refractivity contribution >= 4 is 35.3 Å². The molecule has 0 unspecified atom stereocenters. The Bertz CT molecular complexity index is 1990. The van der Waals surface area contributed by atoms with Crippen molar-refractivity contribution in [1.82, 2.24) is 24.5 Å². The molecule has 1 fully saturated rings. The maximum absolute atomic E-state index is 14.0. The molecular formula is C40H39FN6O3S. The summed E-state index contributed by atoms with van der Waals surface area (Å²) in [6.07, 6.45) is 4.58. The number of para-hydroxylation sites is 1. The third-order valence-electron chi connectivity index (χ3n) is 8.24. The lowest BCUT2D eigenvalue weighted by Crippen LogP contribution is -2.47. The van der Waals surface area contributed by atoms with Gasteiger partial charge in [0, 0.05) is 69.7 Å². The number of piperazine rings is 1. The molecule has 9 nitrogen and oxygen atoms in total. The van der Waals surface area contributed by atoms with Crippen LogP contribution in [0, 0.1) is 5.82 Å². The number of carbonyl (C=O) groups excluding carboxylic acids is 2. The van der Waals surface area contributed by atoms with E-state index in [4.69, 9.17) is 9.84 Å². The van der Waals surface area contributed by atoms with Crippen molar-refractivity contribution < 1.29 is 18.7 Å². The summed E-state index contributed by atoms with van der Waals surface area (Å²) in [5, 5.41) is 5.67. The van der Waals surface area contributed by atoms with Gasteiger partial charge < -0.3 is 14.5 Å². The van der Waals surface area contributed by atoms with Crippen molar-refractivity contribution in [3.05, 3.63) is 143 Å². The third kappa shape index (κ3) is 9.39. The molecule has 1 saturated heterocycles. The molecule has 0 bridgehead atoms.